The number of primary amides is 1. The van der Waals surface area contributed by atoms with E-state index < -0.39 is 0 Å². The maximum absolute atomic E-state index is 11.1. The van der Waals surface area contributed by atoms with Crippen LogP contribution in [0.2, 0.25) is 0 Å². The molecule has 1 aromatic rings. The summed E-state index contributed by atoms with van der Waals surface area (Å²) in [4.78, 5) is 13.1. The first-order chi connectivity index (χ1) is 8.32. The molecule has 1 aromatic carbocycles. The van der Waals surface area contributed by atoms with E-state index in [-0.39, 0.29) is 30.3 Å². The Morgan fingerprint density at radius 2 is 2.00 bits per heavy atom. The van der Waals surface area contributed by atoms with Crippen LogP contribution in [-0.4, -0.2) is 28.5 Å². The summed E-state index contributed by atoms with van der Waals surface area (Å²) < 4.78 is 0. The van der Waals surface area contributed by atoms with Crippen molar-refractivity contribution < 1.29 is 9.90 Å². The van der Waals surface area contributed by atoms with Crippen LogP contribution in [0, 0.1) is 6.92 Å². The standard InChI is InChI=1S/C14H22N2O2/c1-9(2)16(8-14(15)18)11(4)12-7-10(3)5-6-13(12)17/h5-7,9,11,17H,8H2,1-4H3,(H2,15,18). The van der Waals surface area contributed by atoms with E-state index in [2.05, 4.69) is 0 Å². The predicted molar refractivity (Wildman–Crippen MR) is 72.3 cm³/mol. The van der Waals surface area contributed by atoms with Gasteiger partial charge in [-0.1, -0.05) is 17.7 Å². The van der Waals surface area contributed by atoms with Crippen molar-refractivity contribution >= 4 is 5.91 Å². The summed E-state index contributed by atoms with van der Waals surface area (Å²) >= 11 is 0. The summed E-state index contributed by atoms with van der Waals surface area (Å²) in [5.74, 6) is -0.106. The summed E-state index contributed by atoms with van der Waals surface area (Å²) in [6.07, 6.45) is 0. The second-order valence-electron chi connectivity index (χ2n) is 4.97. The van der Waals surface area contributed by atoms with Crippen LogP contribution >= 0.6 is 0 Å². The van der Waals surface area contributed by atoms with Gasteiger partial charge in [0.15, 0.2) is 0 Å². The highest BCUT2D eigenvalue weighted by Gasteiger charge is 2.22. The number of benzene rings is 1. The van der Waals surface area contributed by atoms with Crippen molar-refractivity contribution in [3.8, 4) is 5.75 Å². The maximum Gasteiger partial charge on any atom is 0.231 e. The number of phenols is 1. The summed E-state index contributed by atoms with van der Waals surface area (Å²) in [6.45, 7) is 8.14. The average molecular weight is 250 g/mol. The molecule has 0 heterocycles. The molecular formula is C14H22N2O2. The third kappa shape index (κ3) is 3.47. The molecule has 0 saturated heterocycles. The Hall–Kier alpha value is -1.55. The number of nitrogens with two attached hydrogens (primary N) is 1. The summed E-state index contributed by atoms with van der Waals surface area (Å²) in [7, 11) is 0. The fourth-order valence-corrected chi connectivity index (χ4v) is 2.13. The molecule has 0 aliphatic heterocycles. The van der Waals surface area contributed by atoms with Gasteiger partial charge in [0.2, 0.25) is 5.91 Å². The van der Waals surface area contributed by atoms with Crippen molar-refractivity contribution in [1.82, 2.24) is 4.90 Å². The van der Waals surface area contributed by atoms with Gasteiger partial charge in [-0.25, -0.2) is 0 Å². The molecule has 0 bridgehead atoms. The number of nitrogens with zero attached hydrogens (tertiary/aromatic N) is 1. The van der Waals surface area contributed by atoms with Gasteiger partial charge in [0.05, 0.1) is 6.54 Å². The highest BCUT2D eigenvalue weighted by Crippen LogP contribution is 2.30. The second-order valence-corrected chi connectivity index (χ2v) is 4.97. The molecule has 0 aliphatic carbocycles. The normalized spacial score (nSPS) is 13.0. The van der Waals surface area contributed by atoms with Crippen LogP contribution in [0.15, 0.2) is 18.2 Å². The molecule has 1 unspecified atom stereocenters. The molecule has 18 heavy (non-hydrogen) atoms. The third-order valence-electron chi connectivity index (χ3n) is 3.13. The van der Waals surface area contributed by atoms with Crippen LogP contribution in [0.4, 0.5) is 0 Å². The van der Waals surface area contributed by atoms with Crippen LogP contribution in [0.3, 0.4) is 0 Å². The largest absolute Gasteiger partial charge is 0.508 e. The van der Waals surface area contributed by atoms with Crippen LogP contribution in [0.25, 0.3) is 0 Å². The molecule has 0 saturated carbocycles. The van der Waals surface area contributed by atoms with E-state index in [1.807, 2.05) is 44.7 Å². The fraction of sp³-hybridized carbons (Fsp3) is 0.500. The topological polar surface area (TPSA) is 66.6 Å². The van der Waals surface area contributed by atoms with E-state index in [0.29, 0.717) is 0 Å². The lowest BCUT2D eigenvalue weighted by atomic mass is 10.0. The SMILES string of the molecule is Cc1ccc(O)c(C(C)N(CC(N)=O)C(C)C)c1. The van der Waals surface area contributed by atoms with E-state index in [1.165, 1.54) is 0 Å². The number of hydrogen-bond donors (Lipinski definition) is 2. The van der Waals surface area contributed by atoms with Gasteiger partial charge >= 0.3 is 0 Å². The molecule has 4 nitrogen and oxygen atoms in total. The maximum atomic E-state index is 11.1. The van der Waals surface area contributed by atoms with Gasteiger partial charge in [-0.15, -0.1) is 0 Å². The minimum absolute atomic E-state index is 0.0580. The number of hydrogen-bond acceptors (Lipinski definition) is 3. The van der Waals surface area contributed by atoms with E-state index in [9.17, 15) is 9.90 Å². The van der Waals surface area contributed by atoms with E-state index in [0.717, 1.165) is 11.1 Å². The zero-order valence-corrected chi connectivity index (χ0v) is 11.5. The van der Waals surface area contributed by atoms with E-state index >= 15 is 0 Å². The average Bonchev–Trinajstić information content (AvgIpc) is 2.27. The van der Waals surface area contributed by atoms with Gasteiger partial charge in [-0.05, 0) is 33.8 Å². The van der Waals surface area contributed by atoms with Gasteiger partial charge in [0.25, 0.3) is 0 Å². The second kappa shape index (κ2) is 5.87. The van der Waals surface area contributed by atoms with Gasteiger partial charge in [-0.2, -0.15) is 0 Å². The Morgan fingerprint density at radius 3 is 2.50 bits per heavy atom. The third-order valence-corrected chi connectivity index (χ3v) is 3.13. The minimum atomic E-state index is -0.359. The summed E-state index contributed by atoms with van der Waals surface area (Å²) in [5.41, 5.74) is 7.18. The number of carbonyl (C=O) groups is 1. The molecular weight excluding hydrogens is 228 g/mol. The van der Waals surface area contributed by atoms with Gasteiger partial charge < -0.3 is 10.8 Å². The smallest absolute Gasteiger partial charge is 0.231 e. The molecule has 100 valence electrons. The van der Waals surface area contributed by atoms with Crippen molar-refractivity contribution in [1.29, 1.82) is 0 Å². The van der Waals surface area contributed by atoms with Gasteiger partial charge in [-0.3, -0.25) is 9.69 Å². The molecule has 1 rings (SSSR count). The first-order valence-electron chi connectivity index (χ1n) is 6.16. The van der Waals surface area contributed by atoms with E-state index in [1.54, 1.807) is 6.07 Å². The van der Waals surface area contributed by atoms with Crippen LogP contribution < -0.4 is 5.73 Å². The number of aromatic hydroxyl groups is 1. The Balaban J connectivity index is 3.04. The highest BCUT2D eigenvalue weighted by atomic mass is 16.3. The quantitative estimate of drug-likeness (QED) is 0.839. The van der Waals surface area contributed by atoms with Crippen LogP contribution in [0.1, 0.15) is 37.9 Å². The summed E-state index contributed by atoms with van der Waals surface area (Å²) in [5, 5.41) is 9.93. The Kier molecular flexibility index (Phi) is 4.73. The predicted octanol–water partition coefficient (Wildman–Crippen LogP) is 1.96. The van der Waals surface area contributed by atoms with Gasteiger partial charge in [0, 0.05) is 17.6 Å². The lowest BCUT2D eigenvalue weighted by molar-refractivity contribution is -0.120. The monoisotopic (exact) mass is 250 g/mol. The molecule has 1 amide bonds. The van der Waals surface area contributed by atoms with E-state index in [4.69, 9.17) is 5.73 Å². The summed E-state index contributed by atoms with van der Waals surface area (Å²) in [6, 6.07) is 5.60. The zero-order valence-electron chi connectivity index (χ0n) is 11.5. The number of phenolic OH excluding ortho intramolecular Hbond substituents is 1. The molecule has 0 radical (unpaired) electrons. The van der Waals surface area contributed by atoms with Crippen molar-refractivity contribution in [3.05, 3.63) is 29.3 Å². The Morgan fingerprint density at radius 1 is 1.39 bits per heavy atom. The molecule has 0 spiro atoms. The van der Waals surface area contributed by atoms with Crippen molar-refractivity contribution in [2.75, 3.05) is 6.54 Å². The number of aryl methyl sites for hydroxylation is 1. The molecule has 4 heteroatoms. The first-order valence-corrected chi connectivity index (χ1v) is 6.16. The Labute approximate surface area is 108 Å². The van der Waals surface area contributed by atoms with Crippen LogP contribution in [-0.2, 0) is 4.79 Å². The molecule has 0 aromatic heterocycles. The van der Waals surface area contributed by atoms with Crippen molar-refractivity contribution in [2.45, 2.75) is 39.8 Å². The van der Waals surface area contributed by atoms with Crippen molar-refractivity contribution in [3.63, 3.8) is 0 Å². The van der Waals surface area contributed by atoms with Crippen LogP contribution in [0.5, 0.6) is 5.75 Å². The fourth-order valence-electron chi connectivity index (χ4n) is 2.13. The molecule has 3 N–H and O–H groups in total. The zero-order chi connectivity index (χ0) is 13.9. The lowest BCUT2D eigenvalue weighted by Crippen LogP contribution is -2.40. The number of amides is 1. The minimum Gasteiger partial charge on any atom is -0.508 e. The number of rotatable bonds is 5. The van der Waals surface area contributed by atoms with Gasteiger partial charge in [0.1, 0.15) is 5.75 Å². The molecule has 0 aliphatic rings. The first kappa shape index (κ1) is 14.5. The molecule has 0 fully saturated rings. The Bertz CT molecular complexity index is 430. The van der Waals surface area contributed by atoms with Crippen molar-refractivity contribution in [2.24, 2.45) is 5.73 Å². The molecule has 1 atom stereocenters. The highest BCUT2D eigenvalue weighted by molar-refractivity contribution is 5.76. The number of carbonyl (C=O) groups excluding carboxylic acids is 1. The lowest BCUT2D eigenvalue weighted by Gasteiger charge is -2.32.